The van der Waals surface area contributed by atoms with Crippen LogP contribution >= 0.6 is 11.6 Å². The second kappa shape index (κ2) is 5.80. The van der Waals surface area contributed by atoms with E-state index in [0.717, 1.165) is 12.8 Å². The molecule has 1 fully saturated rings. The van der Waals surface area contributed by atoms with Gasteiger partial charge in [0, 0.05) is 19.1 Å². The van der Waals surface area contributed by atoms with Gasteiger partial charge in [0.1, 0.15) is 5.75 Å². The van der Waals surface area contributed by atoms with Crippen LogP contribution in [0.1, 0.15) is 30.1 Å². The zero-order chi connectivity index (χ0) is 14.0. The molecule has 1 aliphatic heterocycles. The van der Waals surface area contributed by atoms with Crippen LogP contribution in [0.4, 0.5) is 0 Å². The zero-order valence-electron chi connectivity index (χ0n) is 11.0. The van der Waals surface area contributed by atoms with E-state index < -0.39 is 0 Å². The largest absolute Gasteiger partial charge is 0.508 e. The van der Waals surface area contributed by atoms with Gasteiger partial charge in [-0.3, -0.25) is 4.79 Å². The van der Waals surface area contributed by atoms with Crippen LogP contribution in [0, 0.1) is 5.92 Å². The van der Waals surface area contributed by atoms with E-state index >= 15 is 0 Å². The molecular weight excluding hydrogens is 264 g/mol. The molecular formula is C14H19ClN2O2. The Morgan fingerprint density at radius 1 is 1.47 bits per heavy atom. The van der Waals surface area contributed by atoms with Gasteiger partial charge in [0.25, 0.3) is 5.91 Å². The van der Waals surface area contributed by atoms with E-state index in [4.69, 9.17) is 17.3 Å². The van der Waals surface area contributed by atoms with Crippen LogP contribution in [0.3, 0.4) is 0 Å². The molecule has 1 unspecified atom stereocenters. The first kappa shape index (κ1) is 14.2. The monoisotopic (exact) mass is 282 g/mol. The summed E-state index contributed by atoms with van der Waals surface area (Å²) in [5.41, 5.74) is 6.25. The van der Waals surface area contributed by atoms with Gasteiger partial charge < -0.3 is 15.7 Å². The molecule has 19 heavy (non-hydrogen) atoms. The standard InChI is InChI=1S/C14H19ClN2O2/c1-9(16)10-4-6-17(7-5-10)14(19)12-8-11(18)2-3-13(12)15/h2-3,8-10,18H,4-7,16H2,1H3. The van der Waals surface area contributed by atoms with Crippen molar-refractivity contribution in [2.45, 2.75) is 25.8 Å². The van der Waals surface area contributed by atoms with Crippen LogP contribution < -0.4 is 5.73 Å². The highest BCUT2D eigenvalue weighted by Crippen LogP contribution is 2.25. The van der Waals surface area contributed by atoms with Crippen molar-refractivity contribution in [1.82, 2.24) is 4.90 Å². The van der Waals surface area contributed by atoms with Crippen LogP contribution in [-0.2, 0) is 0 Å². The Kier molecular flexibility index (Phi) is 4.32. The SMILES string of the molecule is CC(N)C1CCN(C(=O)c2cc(O)ccc2Cl)CC1. The number of carbonyl (C=O) groups excluding carboxylic acids is 1. The van der Waals surface area contributed by atoms with Gasteiger partial charge >= 0.3 is 0 Å². The lowest BCUT2D eigenvalue weighted by Crippen LogP contribution is -2.42. The molecule has 1 aromatic carbocycles. The van der Waals surface area contributed by atoms with Crippen molar-refractivity contribution in [3.63, 3.8) is 0 Å². The first-order valence-electron chi connectivity index (χ1n) is 6.52. The lowest BCUT2D eigenvalue weighted by Gasteiger charge is -2.33. The molecule has 4 nitrogen and oxygen atoms in total. The molecule has 2 rings (SSSR count). The lowest BCUT2D eigenvalue weighted by molar-refractivity contribution is 0.0681. The fraction of sp³-hybridized carbons (Fsp3) is 0.500. The molecule has 0 spiro atoms. The fourth-order valence-corrected chi connectivity index (χ4v) is 2.67. The molecule has 1 atom stereocenters. The summed E-state index contributed by atoms with van der Waals surface area (Å²) in [6.07, 6.45) is 1.83. The van der Waals surface area contributed by atoms with Gasteiger partial charge in [-0.2, -0.15) is 0 Å². The number of rotatable bonds is 2. The summed E-state index contributed by atoms with van der Waals surface area (Å²) in [5, 5.41) is 9.83. The number of carbonyl (C=O) groups is 1. The molecule has 0 radical (unpaired) electrons. The van der Waals surface area contributed by atoms with Gasteiger partial charge in [0.2, 0.25) is 0 Å². The minimum Gasteiger partial charge on any atom is -0.508 e. The van der Waals surface area contributed by atoms with E-state index in [2.05, 4.69) is 0 Å². The Morgan fingerprint density at radius 3 is 2.68 bits per heavy atom. The van der Waals surface area contributed by atoms with Crippen molar-refractivity contribution < 1.29 is 9.90 Å². The maximum Gasteiger partial charge on any atom is 0.255 e. The van der Waals surface area contributed by atoms with Crippen molar-refractivity contribution in [3.05, 3.63) is 28.8 Å². The Labute approximate surface area is 118 Å². The molecule has 0 aliphatic carbocycles. The smallest absolute Gasteiger partial charge is 0.255 e. The second-order valence-corrected chi connectivity index (χ2v) is 5.56. The number of nitrogens with zero attached hydrogens (tertiary/aromatic N) is 1. The maximum absolute atomic E-state index is 12.3. The number of nitrogens with two attached hydrogens (primary N) is 1. The third-order valence-corrected chi connectivity index (χ3v) is 4.08. The zero-order valence-corrected chi connectivity index (χ0v) is 11.7. The molecule has 5 heteroatoms. The van der Waals surface area contributed by atoms with Gasteiger partial charge in [-0.1, -0.05) is 11.6 Å². The summed E-state index contributed by atoms with van der Waals surface area (Å²) in [7, 11) is 0. The number of hydrogen-bond acceptors (Lipinski definition) is 3. The maximum atomic E-state index is 12.3. The topological polar surface area (TPSA) is 66.6 Å². The molecule has 1 aliphatic rings. The van der Waals surface area contributed by atoms with E-state index in [0.29, 0.717) is 29.6 Å². The van der Waals surface area contributed by atoms with Gasteiger partial charge in [0.15, 0.2) is 0 Å². The Morgan fingerprint density at radius 2 is 2.11 bits per heavy atom. The number of piperidine rings is 1. The third kappa shape index (κ3) is 3.19. The van der Waals surface area contributed by atoms with E-state index in [1.807, 2.05) is 6.92 Å². The Hall–Kier alpha value is -1.26. The number of halogens is 1. The van der Waals surface area contributed by atoms with Crippen LogP contribution in [0.25, 0.3) is 0 Å². The minimum atomic E-state index is -0.121. The van der Waals surface area contributed by atoms with E-state index in [9.17, 15) is 9.90 Å². The number of phenols is 1. The van der Waals surface area contributed by atoms with Gasteiger partial charge in [-0.15, -0.1) is 0 Å². The normalized spacial score (nSPS) is 18.4. The fourth-order valence-electron chi connectivity index (χ4n) is 2.48. The highest BCUT2D eigenvalue weighted by Gasteiger charge is 2.26. The first-order chi connectivity index (χ1) is 8.99. The van der Waals surface area contributed by atoms with Crippen LogP contribution in [-0.4, -0.2) is 35.0 Å². The molecule has 0 bridgehead atoms. The summed E-state index contributed by atoms with van der Waals surface area (Å²) in [6.45, 7) is 3.39. The minimum absolute atomic E-state index is 0.0539. The summed E-state index contributed by atoms with van der Waals surface area (Å²) in [5.74, 6) is 0.408. The van der Waals surface area contributed by atoms with Crippen molar-refractivity contribution in [1.29, 1.82) is 0 Å². The molecule has 0 aromatic heterocycles. The molecule has 0 saturated carbocycles. The second-order valence-electron chi connectivity index (χ2n) is 5.15. The van der Waals surface area contributed by atoms with Crippen molar-refractivity contribution in [3.8, 4) is 5.75 Å². The number of amides is 1. The molecule has 1 aromatic rings. The Bertz CT molecular complexity index is 469. The number of aromatic hydroxyl groups is 1. The van der Waals surface area contributed by atoms with Crippen LogP contribution in [0.15, 0.2) is 18.2 Å². The average molecular weight is 283 g/mol. The quantitative estimate of drug-likeness (QED) is 0.874. The highest BCUT2D eigenvalue weighted by molar-refractivity contribution is 6.33. The van der Waals surface area contributed by atoms with Gasteiger partial charge in [0.05, 0.1) is 10.6 Å². The van der Waals surface area contributed by atoms with E-state index in [1.165, 1.54) is 12.1 Å². The highest BCUT2D eigenvalue weighted by atomic mass is 35.5. The van der Waals surface area contributed by atoms with E-state index in [1.54, 1.807) is 11.0 Å². The number of phenolic OH excluding ortho intramolecular Hbond substituents is 1. The van der Waals surface area contributed by atoms with Crippen LogP contribution in [0.2, 0.25) is 5.02 Å². The number of likely N-dealkylation sites (tertiary alicyclic amines) is 1. The third-order valence-electron chi connectivity index (χ3n) is 3.75. The Balaban J connectivity index is 2.07. The summed E-state index contributed by atoms with van der Waals surface area (Å²) in [4.78, 5) is 14.1. The first-order valence-corrected chi connectivity index (χ1v) is 6.90. The molecule has 1 amide bonds. The van der Waals surface area contributed by atoms with Crippen molar-refractivity contribution in [2.75, 3.05) is 13.1 Å². The number of benzene rings is 1. The average Bonchev–Trinajstić information content (AvgIpc) is 2.41. The molecule has 104 valence electrons. The van der Waals surface area contributed by atoms with Gasteiger partial charge in [-0.05, 0) is 43.9 Å². The van der Waals surface area contributed by atoms with Crippen molar-refractivity contribution in [2.24, 2.45) is 11.7 Å². The molecule has 1 saturated heterocycles. The summed E-state index contributed by atoms with van der Waals surface area (Å²) in [6, 6.07) is 4.60. The molecule has 1 heterocycles. The number of hydrogen-bond donors (Lipinski definition) is 2. The molecule has 3 N–H and O–H groups in total. The summed E-state index contributed by atoms with van der Waals surface area (Å²) < 4.78 is 0. The predicted molar refractivity (Wildman–Crippen MR) is 75.4 cm³/mol. The van der Waals surface area contributed by atoms with Crippen LogP contribution in [0.5, 0.6) is 5.75 Å². The van der Waals surface area contributed by atoms with E-state index in [-0.39, 0.29) is 17.7 Å². The predicted octanol–water partition coefficient (Wildman–Crippen LogP) is 2.25. The van der Waals surface area contributed by atoms with Gasteiger partial charge in [-0.25, -0.2) is 0 Å². The summed E-state index contributed by atoms with van der Waals surface area (Å²) >= 11 is 6.01. The van der Waals surface area contributed by atoms with Crippen molar-refractivity contribution >= 4 is 17.5 Å². The lowest BCUT2D eigenvalue weighted by atomic mass is 9.90.